The Morgan fingerprint density at radius 1 is 0.604 bits per heavy atom. The van der Waals surface area contributed by atoms with Gasteiger partial charge in [-0.15, -0.1) is 0 Å². The highest BCUT2D eigenvalue weighted by molar-refractivity contribution is 7.97. The van der Waals surface area contributed by atoms with Crippen LogP contribution in [0.15, 0.2) is 117 Å². The highest BCUT2D eigenvalue weighted by Crippen LogP contribution is 2.36. The molecule has 3 atom stereocenters. The summed E-state index contributed by atoms with van der Waals surface area (Å²) in [5.74, 6) is 1.69. The van der Waals surface area contributed by atoms with Crippen LogP contribution in [0, 0.1) is 5.82 Å². The van der Waals surface area contributed by atoms with Crippen LogP contribution in [0.2, 0.25) is 0 Å². The number of hydrogen-bond donors (Lipinski definition) is 0. The van der Waals surface area contributed by atoms with Crippen LogP contribution in [0.5, 0.6) is 17.2 Å². The van der Waals surface area contributed by atoms with E-state index in [9.17, 15) is 17.4 Å². The Morgan fingerprint density at radius 2 is 0.938 bits per heavy atom. The molecular weight excluding hydrogens is 660 g/mol. The minimum Gasteiger partial charge on any atom is -0.744 e. The van der Waals surface area contributed by atoms with E-state index >= 15 is 0 Å². The summed E-state index contributed by atoms with van der Waals surface area (Å²) in [5, 5.41) is 0. The van der Waals surface area contributed by atoms with Gasteiger partial charge in [-0.3, -0.25) is 0 Å². The summed E-state index contributed by atoms with van der Waals surface area (Å²) in [6.45, 7) is 13.3. The largest absolute Gasteiger partial charge is 0.744 e. The van der Waals surface area contributed by atoms with Gasteiger partial charge in [0.05, 0.1) is 15.8 Å². The van der Waals surface area contributed by atoms with Gasteiger partial charge >= 0.3 is 0 Å². The van der Waals surface area contributed by atoms with Gasteiger partial charge in [0.25, 0.3) is 0 Å². The quantitative estimate of drug-likeness (QED) is 0.0656. The summed E-state index contributed by atoms with van der Waals surface area (Å²) in [6, 6.07) is 28.2. The lowest BCUT2D eigenvalue weighted by Crippen LogP contribution is -2.17. The summed E-state index contributed by atoms with van der Waals surface area (Å²) < 4.78 is 77.8. The molecule has 12 heteroatoms. The second kappa shape index (κ2) is 19.4. The van der Waals surface area contributed by atoms with Gasteiger partial charge in [-0.05, 0) is 102 Å². The molecule has 0 N–H and O–H groups in total. The SMILES string of the molecule is CCOC(C)Oc1cccc([S+](c2cccc(OC(C)OCC)c2)c2cccc(OC(C)OCC)c2)c1.O=S(=O)([O-])c1ccc(F)cc1. The molecule has 0 aromatic heterocycles. The molecule has 0 fully saturated rings. The molecule has 260 valence electrons. The van der Waals surface area contributed by atoms with Crippen molar-refractivity contribution in [2.45, 2.75) is 80.0 Å². The number of hydrogen-bond acceptors (Lipinski definition) is 9. The van der Waals surface area contributed by atoms with E-state index in [1.807, 2.05) is 77.9 Å². The molecule has 0 spiro atoms. The summed E-state index contributed by atoms with van der Waals surface area (Å²) in [7, 11) is -4.90. The van der Waals surface area contributed by atoms with Crippen LogP contribution in [-0.2, 0) is 35.2 Å². The molecule has 0 bridgehead atoms. The predicted octanol–water partition coefficient (Wildman–Crippen LogP) is 7.80. The maximum Gasteiger partial charge on any atom is 0.196 e. The van der Waals surface area contributed by atoms with Crippen LogP contribution in [-0.4, -0.2) is 51.7 Å². The minimum absolute atomic E-state index is 0.337. The fourth-order valence-corrected chi connectivity index (χ4v) is 7.05. The monoisotopic (exact) mass is 702 g/mol. The lowest BCUT2D eigenvalue weighted by molar-refractivity contribution is -0.0617. The normalized spacial score (nSPS) is 13.8. The van der Waals surface area contributed by atoms with E-state index in [1.54, 1.807) is 0 Å². The van der Waals surface area contributed by atoms with Gasteiger partial charge in [0.1, 0.15) is 33.2 Å². The molecule has 0 saturated heterocycles. The Morgan fingerprint density at radius 3 is 1.23 bits per heavy atom. The van der Waals surface area contributed by atoms with E-state index < -0.39 is 31.7 Å². The lowest BCUT2D eigenvalue weighted by Gasteiger charge is -2.17. The van der Waals surface area contributed by atoms with Crippen molar-refractivity contribution in [3.05, 3.63) is 103 Å². The Balaban J connectivity index is 0.000000480. The third-order valence-electron chi connectivity index (χ3n) is 6.34. The smallest absolute Gasteiger partial charge is 0.196 e. The van der Waals surface area contributed by atoms with Crippen molar-refractivity contribution in [2.24, 2.45) is 0 Å². The van der Waals surface area contributed by atoms with E-state index in [0.29, 0.717) is 19.8 Å². The van der Waals surface area contributed by atoms with Crippen molar-refractivity contribution in [3.8, 4) is 17.2 Å². The molecule has 4 rings (SSSR count). The minimum atomic E-state index is -4.44. The molecule has 0 aliphatic heterocycles. The van der Waals surface area contributed by atoms with Gasteiger partial charge < -0.3 is 33.0 Å². The summed E-state index contributed by atoms with van der Waals surface area (Å²) in [4.78, 5) is 2.89. The number of ether oxygens (including phenoxy) is 6. The molecule has 0 aliphatic rings. The fourth-order valence-electron chi connectivity index (χ4n) is 4.41. The second-order valence-corrected chi connectivity index (χ2v) is 13.5. The topological polar surface area (TPSA) is 113 Å². The maximum absolute atomic E-state index is 12.2. The molecule has 4 aromatic carbocycles. The van der Waals surface area contributed by atoms with E-state index in [2.05, 4.69) is 36.4 Å². The van der Waals surface area contributed by atoms with Crippen LogP contribution in [0.25, 0.3) is 0 Å². The van der Waals surface area contributed by atoms with E-state index in [4.69, 9.17) is 28.4 Å². The van der Waals surface area contributed by atoms with Crippen LogP contribution in [0.1, 0.15) is 41.5 Å². The first kappa shape index (κ1) is 38.8. The van der Waals surface area contributed by atoms with Crippen LogP contribution in [0.3, 0.4) is 0 Å². The van der Waals surface area contributed by atoms with Gasteiger partial charge in [-0.25, -0.2) is 12.8 Å². The van der Waals surface area contributed by atoms with E-state index in [-0.39, 0.29) is 18.9 Å². The molecule has 4 aromatic rings. The molecule has 3 unspecified atom stereocenters. The van der Waals surface area contributed by atoms with Crippen molar-refractivity contribution in [1.29, 1.82) is 0 Å². The zero-order valence-electron chi connectivity index (χ0n) is 28.0. The molecular formula is C36H43FO9S2. The Kier molecular flexibility index (Phi) is 15.7. The van der Waals surface area contributed by atoms with Gasteiger partial charge in [-0.2, -0.15) is 0 Å². The average Bonchev–Trinajstić information content (AvgIpc) is 3.02. The number of benzene rings is 4. The zero-order valence-corrected chi connectivity index (χ0v) is 29.6. The summed E-state index contributed by atoms with van der Waals surface area (Å²) >= 11 is 0. The average molecular weight is 703 g/mol. The standard InChI is InChI=1S/C30H39O6S.C6H5FO3S/c1-7-31-22(4)34-25-13-10-16-28(19-25)37(29-17-11-14-26(20-29)35-23(5)32-8-2)30-18-12-15-27(21-30)36-24(6)33-9-3;7-5-1-3-6(4-2-5)11(8,9)10/h10-24H,7-9H2,1-6H3;1-4H,(H,8,9,10)/q+1;/p-1. The highest BCUT2D eigenvalue weighted by atomic mass is 32.2. The Bertz CT molecular complexity index is 1510. The second-order valence-electron chi connectivity index (χ2n) is 10.1. The van der Waals surface area contributed by atoms with Crippen molar-refractivity contribution in [3.63, 3.8) is 0 Å². The van der Waals surface area contributed by atoms with Gasteiger partial charge in [-0.1, -0.05) is 18.2 Å². The third kappa shape index (κ3) is 12.8. The zero-order chi connectivity index (χ0) is 35.1. The van der Waals surface area contributed by atoms with E-state index in [0.717, 1.165) is 56.2 Å². The van der Waals surface area contributed by atoms with Gasteiger partial charge in [0.2, 0.25) is 0 Å². The van der Waals surface area contributed by atoms with Crippen molar-refractivity contribution in [1.82, 2.24) is 0 Å². The van der Waals surface area contributed by atoms with Gasteiger partial charge in [0.15, 0.2) is 33.6 Å². The van der Waals surface area contributed by atoms with Gasteiger partial charge in [0, 0.05) is 38.0 Å². The lowest BCUT2D eigenvalue weighted by atomic mass is 10.3. The predicted molar refractivity (Wildman–Crippen MR) is 181 cm³/mol. The molecule has 0 amide bonds. The molecule has 0 heterocycles. The fraction of sp³-hybridized carbons (Fsp3) is 0.333. The Hall–Kier alpha value is -3.65. The maximum atomic E-state index is 12.2. The van der Waals surface area contributed by atoms with Crippen LogP contribution in [0.4, 0.5) is 4.39 Å². The number of rotatable bonds is 16. The summed E-state index contributed by atoms with van der Waals surface area (Å²) in [5.41, 5.74) is 0. The van der Waals surface area contributed by atoms with Crippen molar-refractivity contribution in [2.75, 3.05) is 19.8 Å². The molecule has 0 saturated carbocycles. The van der Waals surface area contributed by atoms with Crippen LogP contribution >= 0.6 is 0 Å². The van der Waals surface area contributed by atoms with Crippen molar-refractivity contribution < 1.29 is 45.8 Å². The first-order chi connectivity index (χ1) is 22.9. The van der Waals surface area contributed by atoms with E-state index in [1.165, 1.54) is 0 Å². The third-order valence-corrected chi connectivity index (χ3v) is 9.36. The first-order valence-corrected chi connectivity index (χ1v) is 18.2. The first-order valence-electron chi connectivity index (χ1n) is 15.5. The molecule has 0 radical (unpaired) electrons. The molecule has 48 heavy (non-hydrogen) atoms. The van der Waals surface area contributed by atoms with Crippen molar-refractivity contribution >= 4 is 21.0 Å². The highest BCUT2D eigenvalue weighted by Gasteiger charge is 2.31. The number of halogens is 1. The molecule has 0 aliphatic carbocycles. The molecule has 9 nitrogen and oxygen atoms in total. The Labute approximate surface area is 286 Å². The van der Waals surface area contributed by atoms with Crippen LogP contribution < -0.4 is 14.2 Å². The summed E-state index contributed by atoms with van der Waals surface area (Å²) in [6.07, 6.45) is -1.01.